The Balaban J connectivity index is 2.17. The molecule has 21 heavy (non-hydrogen) atoms. The van der Waals surface area contributed by atoms with Crippen LogP contribution < -0.4 is 4.74 Å². The average molecular weight is 292 g/mol. The van der Waals surface area contributed by atoms with Gasteiger partial charge in [0.15, 0.2) is 0 Å². The number of aliphatic hydroxyl groups is 1. The van der Waals surface area contributed by atoms with Crippen LogP contribution in [0.15, 0.2) is 18.2 Å². The molecule has 0 spiro atoms. The van der Waals surface area contributed by atoms with Crippen molar-refractivity contribution >= 4 is 11.8 Å². The van der Waals surface area contributed by atoms with Crippen LogP contribution in [0.3, 0.4) is 0 Å². The second-order valence-electron chi connectivity index (χ2n) is 4.96. The third-order valence-electron chi connectivity index (χ3n) is 3.63. The van der Waals surface area contributed by atoms with Crippen molar-refractivity contribution in [3.8, 4) is 5.75 Å². The van der Waals surface area contributed by atoms with Gasteiger partial charge >= 0.3 is 0 Å². The number of hydrogen-bond acceptors (Lipinski definition) is 4. The van der Waals surface area contributed by atoms with Crippen molar-refractivity contribution in [1.82, 2.24) is 9.80 Å². The number of piperazine rings is 1. The number of aliphatic hydroxyl groups excluding tert-OH is 1. The summed E-state index contributed by atoms with van der Waals surface area (Å²) < 4.78 is 5.28. The van der Waals surface area contributed by atoms with Gasteiger partial charge in [0.2, 0.25) is 11.8 Å². The number of benzene rings is 1. The minimum atomic E-state index is -0.0760. The maximum atomic E-state index is 12.1. The quantitative estimate of drug-likeness (QED) is 0.851. The molecule has 1 aromatic rings. The number of carbonyl (C=O) groups excluding carboxylic acids is 2. The lowest BCUT2D eigenvalue weighted by Gasteiger charge is -2.33. The highest BCUT2D eigenvalue weighted by molar-refractivity contribution is 5.92. The number of methoxy groups -OCH3 is 1. The molecule has 0 bridgehead atoms. The third kappa shape index (κ3) is 3.33. The maximum absolute atomic E-state index is 12.1. The summed E-state index contributed by atoms with van der Waals surface area (Å²) >= 11 is 0. The average Bonchev–Trinajstić information content (AvgIpc) is 2.50. The lowest BCUT2D eigenvalue weighted by atomic mass is 10.1. The summed E-state index contributed by atoms with van der Waals surface area (Å²) in [4.78, 5) is 27.1. The van der Waals surface area contributed by atoms with E-state index in [1.807, 2.05) is 6.92 Å². The molecule has 1 saturated heterocycles. The summed E-state index contributed by atoms with van der Waals surface area (Å²) in [5, 5.41) is 9.21. The Hall–Kier alpha value is -2.08. The van der Waals surface area contributed by atoms with Crippen LogP contribution in [0.4, 0.5) is 0 Å². The molecule has 1 heterocycles. The Labute approximate surface area is 123 Å². The zero-order chi connectivity index (χ0) is 15.4. The lowest BCUT2D eigenvalue weighted by molar-refractivity contribution is -0.150. The number of carbonyl (C=O) groups is 2. The van der Waals surface area contributed by atoms with Crippen molar-refractivity contribution in [1.29, 1.82) is 0 Å². The monoisotopic (exact) mass is 292 g/mol. The molecule has 0 saturated carbocycles. The minimum absolute atomic E-state index is 0.0469. The molecule has 1 N–H and O–H groups in total. The van der Waals surface area contributed by atoms with Gasteiger partial charge in [-0.1, -0.05) is 6.07 Å². The molecule has 1 aliphatic rings. The van der Waals surface area contributed by atoms with E-state index in [4.69, 9.17) is 4.74 Å². The minimum Gasteiger partial charge on any atom is -0.496 e. The molecule has 114 valence electrons. The van der Waals surface area contributed by atoms with Gasteiger partial charge in [-0.2, -0.15) is 0 Å². The lowest BCUT2D eigenvalue weighted by Crippen LogP contribution is -2.53. The van der Waals surface area contributed by atoms with E-state index in [-0.39, 0.29) is 31.5 Å². The van der Waals surface area contributed by atoms with Crippen molar-refractivity contribution < 1.29 is 19.4 Å². The summed E-state index contributed by atoms with van der Waals surface area (Å²) in [7, 11) is 1.56. The van der Waals surface area contributed by atoms with E-state index in [1.165, 1.54) is 4.90 Å². The van der Waals surface area contributed by atoms with Crippen molar-refractivity contribution in [2.45, 2.75) is 20.1 Å². The van der Waals surface area contributed by atoms with Crippen LogP contribution in [-0.4, -0.2) is 53.5 Å². The molecular formula is C15H20N2O4. The molecule has 2 amide bonds. The van der Waals surface area contributed by atoms with E-state index >= 15 is 0 Å². The van der Waals surface area contributed by atoms with Gasteiger partial charge in [-0.25, -0.2) is 0 Å². The van der Waals surface area contributed by atoms with E-state index in [9.17, 15) is 14.7 Å². The van der Waals surface area contributed by atoms with Crippen LogP contribution in [0.5, 0.6) is 5.75 Å². The SMILES string of the molecule is CCN1CC(=O)N(Cc2cc(CO)ccc2OC)CC1=O. The molecule has 1 fully saturated rings. The summed E-state index contributed by atoms with van der Waals surface area (Å²) in [6.45, 7) is 2.83. The first-order chi connectivity index (χ1) is 10.1. The molecular weight excluding hydrogens is 272 g/mol. The molecule has 1 aromatic carbocycles. The smallest absolute Gasteiger partial charge is 0.242 e. The highest BCUT2D eigenvalue weighted by Crippen LogP contribution is 2.22. The van der Waals surface area contributed by atoms with Crippen molar-refractivity contribution in [2.24, 2.45) is 0 Å². The topological polar surface area (TPSA) is 70.1 Å². The molecule has 0 aliphatic carbocycles. The molecule has 0 aromatic heterocycles. The largest absolute Gasteiger partial charge is 0.496 e. The Kier molecular flexibility index (Phi) is 4.80. The van der Waals surface area contributed by atoms with Crippen molar-refractivity contribution in [3.63, 3.8) is 0 Å². The van der Waals surface area contributed by atoms with E-state index in [1.54, 1.807) is 30.2 Å². The van der Waals surface area contributed by atoms with E-state index in [2.05, 4.69) is 0 Å². The zero-order valence-corrected chi connectivity index (χ0v) is 12.3. The van der Waals surface area contributed by atoms with Gasteiger partial charge in [-0.15, -0.1) is 0 Å². The zero-order valence-electron chi connectivity index (χ0n) is 12.3. The molecule has 0 unspecified atom stereocenters. The number of hydrogen-bond donors (Lipinski definition) is 1. The molecule has 6 heteroatoms. The number of ether oxygens (including phenoxy) is 1. The predicted octanol–water partition coefficient (Wildman–Crippen LogP) is 0.378. The Morgan fingerprint density at radius 2 is 1.86 bits per heavy atom. The summed E-state index contributed by atoms with van der Waals surface area (Å²) in [6, 6.07) is 5.32. The molecule has 0 radical (unpaired) electrons. The van der Waals surface area contributed by atoms with Gasteiger partial charge in [-0.05, 0) is 24.6 Å². The fourth-order valence-electron chi connectivity index (χ4n) is 2.39. The fourth-order valence-corrected chi connectivity index (χ4v) is 2.39. The summed E-state index contributed by atoms with van der Waals surface area (Å²) in [5.74, 6) is 0.521. The molecule has 6 nitrogen and oxygen atoms in total. The second-order valence-corrected chi connectivity index (χ2v) is 4.96. The number of likely N-dealkylation sites (N-methyl/N-ethyl adjacent to an activating group) is 1. The van der Waals surface area contributed by atoms with Gasteiger partial charge in [0.25, 0.3) is 0 Å². The van der Waals surface area contributed by atoms with Crippen LogP contribution in [0, 0.1) is 0 Å². The van der Waals surface area contributed by atoms with Gasteiger partial charge in [0.05, 0.1) is 20.3 Å². The standard InChI is InChI=1S/C15H20N2O4/c1-3-16-8-15(20)17(9-14(16)19)7-12-6-11(10-18)4-5-13(12)21-2/h4-6,18H,3,7-10H2,1-2H3. The van der Waals surface area contributed by atoms with Crippen molar-refractivity contribution in [3.05, 3.63) is 29.3 Å². The summed E-state index contributed by atoms with van der Waals surface area (Å²) in [6.07, 6.45) is 0. The third-order valence-corrected chi connectivity index (χ3v) is 3.63. The first kappa shape index (κ1) is 15.3. The first-order valence-electron chi connectivity index (χ1n) is 6.91. The van der Waals surface area contributed by atoms with E-state index < -0.39 is 0 Å². The Bertz CT molecular complexity index is 544. The number of nitrogens with zero attached hydrogens (tertiary/aromatic N) is 2. The van der Waals surface area contributed by atoms with Gasteiger partial charge in [-0.3, -0.25) is 9.59 Å². The normalized spacial score (nSPS) is 15.6. The van der Waals surface area contributed by atoms with Crippen LogP contribution in [0.1, 0.15) is 18.1 Å². The van der Waals surface area contributed by atoms with Gasteiger partial charge in [0.1, 0.15) is 12.3 Å². The maximum Gasteiger partial charge on any atom is 0.242 e. The van der Waals surface area contributed by atoms with Gasteiger partial charge in [0, 0.05) is 18.7 Å². The highest BCUT2D eigenvalue weighted by Gasteiger charge is 2.29. The number of amides is 2. The van der Waals surface area contributed by atoms with Crippen LogP contribution in [-0.2, 0) is 22.7 Å². The molecule has 2 rings (SSSR count). The van der Waals surface area contributed by atoms with Crippen LogP contribution in [0.25, 0.3) is 0 Å². The molecule has 1 aliphatic heterocycles. The van der Waals surface area contributed by atoms with Crippen molar-refractivity contribution in [2.75, 3.05) is 26.7 Å². The molecule has 0 atom stereocenters. The van der Waals surface area contributed by atoms with E-state index in [0.717, 1.165) is 11.1 Å². The first-order valence-corrected chi connectivity index (χ1v) is 6.91. The summed E-state index contributed by atoms with van der Waals surface area (Å²) in [5.41, 5.74) is 1.53. The number of rotatable bonds is 5. The fraction of sp³-hybridized carbons (Fsp3) is 0.467. The van der Waals surface area contributed by atoms with Crippen LogP contribution >= 0.6 is 0 Å². The second kappa shape index (κ2) is 6.58. The van der Waals surface area contributed by atoms with Gasteiger partial charge < -0.3 is 19.6 Å². The predicted molar refractivity (Wildman–Crippen MR) is 76.6 cm³/mol. The highest BCUT2D eigenvalue weighted by atomic mass is 16.5. The Morgan fingerprint density at radius 3 is 2.48 bits per heavy atom. The van der Waals surface area contributed by atoms with Crippen LogP contribution in [0.2, 0.25) is 0 Å². The Morgan fingerprint density at radius 1 is 1.19 bits per heavy atom. The van der Waals surface area contributed by atoms with E-state index in [0.29, 0.717) is 18.8 Å².